The van der Waals surface area contributed by atoms with Crippen molar-refractivity contribution in [2.75, 3.05) is 31.6 Å². The fourth-order valence-corrected chi connectivity index (χ4v) is 4.01. The molecular weight excluding hydrogens is 358 g/mol. The Morgan fingerprint density at radius 1 is 1.20 bits per heavy atom. The van der Waals surface area contributed by atoms with E-state index in [2.05, 4.69) is 43.4 Å². The molecule has 25 heavy (non-hydrogen) atoms. The summed E-state index contributed by atoms with van der Waals surface area (Å²) in [5.74, 6) is 0.657. The van der Waals surface area contributed by atoms with E-state index < -0.39 is 0 Å². The fourth-order valence-electron chi connectivity index (χ4n) is 2.84. The molecule has 2 aromatic heterocycles. The molecule has 130 valence electrons. The number of fused-ring (bicyclic) bond motifs is 1. The SMILES string of the molecule is Cc1cc(Nc2nc3ccc(CN4CCOCC4)cc3s2)nc(Cl)n1. The zero-order chi connectivity index (χ0) is 17.2. The number of morpholine rings is 1. The van der Waals surface area contributed by atoms with Crippen LogP contribution in [-0.4, -0.2) is 46.2 Å². The highest BCUT2D eigenvalue weighted by Crippen LogP contribution is 2.29. The molecule has 1 aliphatic heterocycles. The minimum absolute atomic E-state index is 0.233. The van der Waals surface area contributed by atoms with Crippen molar-refractivity contribution in [3.63, 3.8) is 0 Å². The minimum Gasteiger partial charge on any atom is -0.379 e. The van der Waals surface area contributed by atoms with Crippen LogP contribution in [0.2, 0.25) is 5.28 Å². The number of thiazole rings is 1. The molecule has 3 aromatic rings. The molecule has 1 saturated heterocycles. The highest BCUT2D eigenvalue weighted by molar-refractivity contribution is 7.22. The summed E-state index contributed by atoms with van der Waals surface area (Å²) in [5.41, 5.74) is 3.09. The van der Waals surface area contributed by atoms with Crippen molar-refractivity contribution in [3.8, 4) is 0 Å². The molecular formula is C17H18ClN5OS. The average molecular weight is 376 g/mol. The molecule has 0 radical (unpaired) electrons. The molecule has 0 aliphatic carbocycles. The summed E-state index contributed by atoms with van der Waals surface area (Å²) < 4.78 is 6.56. The number of aryl methyl sites for hydroxylation is 1. The monoisotopic (exact) mass is 375 g/mol. The lowest BCUT2D eigenvalue weighted by atomic mass is 10.2. The second kappa shape index (κ2) is 7.21. The number of rotatable bonds is 4. The van der Waals surface area contributed by atoms with Gasteiger partial charge in [-0.2, -0.15) is 0 Å². The largest absolute Gasteiger partial charge is 0.379 e. The molecule has 1 N–H and O–H groups in total. The van der Waals surface area contributed by atoms with E-state index in [-0.39, 0.29) is 5.28 Å². The summed E-state index contributed by atoms with van der Waals surface area (Å²) in [7, 11) is 0. The van der Waals surface area contributed by atoms with Crippen molar-refractivity contribution in [1.29, 1.82) is 0 Å². The summed E-state index contributed by atoms with van der Waals surface area (Å²) in [4.78, 5) is 15.3. The predicted molar refractivity (Wildman–Crippen MR) is 101 cm³/mol. The van der Waals surface area contributed by atoms with E-state index in [1.807, 2.05) is 13.0 Å². The van der Waals surface area contributed by atoms with Crippen molar-refractivity contribution in [3.05, 3.63) is 40.8 Å². The lowest BCUT2D eigenvalue weighted by Crippen LogP contribution is -2.35. The lowest BCUT2D eigenvalue weighted by molar-refractivity contribution is 0.0342. The number of aromatic nitrogens is 3. The quantitative estimate of drug-likeness (QED) is 0.702. The predicted octanol–water partition coefficient (Wildman–Crippen LogP) is 3.62. The van der Waals surface area contributed by atoms with Gasteiger partial charge in [-0.3, -0.25) is 4.90 Å². The minimum atomic E-state index is 0.233. The third kappa shape index (κ3) is 4.07. The van der Waals surface area contributed by atoms with Crippen LogP contribution >= 0.6 is 22.9 Å². The lowest BCUT2D eigenvalue weighted by Gasteiger charge is -2.26. The molecule has 1 fully saturated rings. The van der Waals surface area contributed by atoms with Crippen molar-refractivity contribution >= 4 is 44.1 Å². The van der Waals surface area contributed by atoms with Crippen molar-refractivity contribution < 1.29 is 4.74 Å². The fraction of sp³-hybridized carbons (Fsp3) is 0.353. The summed E-state index contributed by atoms with van der Waals surface area (Å²) in [6.07, 6.45) is 0. The third-order valence-corrected chi connectivity index (χ3v) is 5.13. The van der Waals surface area contributed by atoms with Crippen LogP contribution in [0.1, 0.15) is 11.3 Å². The van der Waals surface area contributed by atoms with Gasteiger partial charge in [0.15, 0.2) is 5.13 Å². The smallest absolute Gasteiger partial charge is 0.224 e. The van der Waals surface area contributed by atoms with Gasteiger partial charge in [-0.05, 0) is 36.2 Å². The first-order chi connectivity index (χ1) is 12.2. The van der Waals surface area contributed by atoms with E-state index >= 15 is 0 Å². The Hall–Kier alpha value is -1.80. The first-order valence-corrected chi connectivity index (χ1v) is 9.33. The van der Waals surface area contributed by atoms with E-state index in [9.17, 15) is 0 Å². The highest BCUT2D eigenvalue weighted by atomic mass is 35.5. The summed E-state index contributed by atoms with van der Waals surface area (Å²) in [6.45, 7) is 6.44. The molecule has 6 nitrogen and oxygen atoms in total. The maximum atomic E-state index is 5.92. The van der Waals surface area contributed by atoms with Gasteiger partial charge in [0.25, 0.3) is 0 Å². The van der Waals surface area contributed by atoms with Crippen LogP contribution < -0.4 is 5.32 Å². The maximum absolute atomic E-state index is 5.92. The number of hydrogen-bond acceptors (Lipinski definition) is 7. The molecule has 0 amide bonds. The van der Waals surface area contributed by atoms with Gasteiger partial charge in [0.05, 0.1) is 23.4 Å². The molecule has 3 heterocycles. The number of nitrogens with zero attached hydrogens (tertiary/aromatic N) is 4. The first-order valence-electron chi connectivity index (χ1n) is 8.13. The number of benzene rings is 1. The molecule has 8 heteroatoms. The van der Waals surface area contributed by atoms with Gasteiger partial charge in [0, 0.05) is 31.4 Å². The topological polar surface area (TPSA) is 63.2 Å². The van der Waals surface area contributed by atoms with Crippen LogP contribution in [0.5, 0.6) is 0 Å². The van der Waals surface area contributed by atoms with Crippen molar-refractivity contribution in [2.45, 2.75) is 13.5 Å². The molecule has 0 spiro atoms. The van der Waals surface area contributed by atoms with Gasteiger partial charge in [0.2, 0.25) is 5.28 Å². The van der Waals surface area contributed by atoms with Crippen molar-refractivity contribution in [1.82, 2.24) is 19.9 Å². The molecule has 0 unspecified atom stereocenters. The van der Waals surface area contributed by atoms with Crippen LogP contribution in [0.15, 0.2) is 24.3 Å². The van der Waals surface area contributed by atoms with Gasteiger partial charge in [0.1, 0.15) is 5.82 Å². The third-order valence-electron chi connectivity index (χ3n) is 4.02. The molecule has 4 rings (SSSR count). The van der Waals surface area contributed by atoms with E-state index in [0.29, 0.717) is 5.82 Å². The van der Waals surface area contributed by atoms with E-state index in [1.54, 1.807) is 11.3 Å². The molecule has 0 atom stereocenters. The summed E-state index contributed by atoms with van der Waals surface area (Å²) in [6, 6.07) is 8.28. The van der Waals surface area contributed by atoms with E-state index in [1.165, 1.54) is 5.56 Å². The maximum Gasteiger partial charge on any atom is 0.224 e. The Balaban J connectivity index is 1.53. The number of ether oxygens (including phenoxy) is 1. The average Bonchev–Trinajstić information content (AvgIpc) is 2.96. The molecule has 0 saturated carbocycles. The normalized spacial score (nSPS) is 15.6. The van der Waals surface area contributed by atoms with Crippen LogP contribution in [0.3, 0.4) is 0 Å². The summed E-state index contributed by atoms with van der Waals surface area (Å²) >= 11 is 7.53. The Bertz CT molecular complexity index is 874. The van der Waals surface area contributed by atoms with Crippen molar-refractivity contribution in [2.24, 2.45) is 0 Å². The Morgan fingerprint density at radius 2 is 2.04 bits per heavy atom. The van der Waals surface area contributed by atoms with Gasteiger partial charge in [-0.15, -0.1) is 0 Å². The van der Waals surface area contributed by atoms with Crippen LogP contribution in [-0.2, 0) is 11.3 Å². The number of hydrogen-bond donors (Lipinski definition) is 1. The zero-order valence-electron chi connectivity index (χ0n) is 13.8. The standard InChI is InChI=1S/C17H18ClN5OS/c1-11-8-15(21-16(18)19-11)22-17-20-13-3-2-12(9-14(13)25-17)10-23-4-6-24-7-5-23/h2-3,8-9H,4-7,10H2,1H3,(H,19,20,21,22). The van der Waals surface area contributed by atoms with Crippen LogP contribution in [0.4, 0.5) is 10.9 Å². The number of anilines is 2. The van der Waals surface area contributed by atoms with Gasteiger partial charge >= 0.3 is 0 Å². The second-order valence-corrected chi connectivity index (χ2v) is 7.37. The molecule has 0 bridgehead atoms. The molecule has 1 aliphatic rings. The Labute approximate surface area is 154 Å². The Morgan fingerprint density at radius 3 is 2.84 bits per heavy atom. The van der Waals surface area contributed by atoms with Gasteiger partial charge in [-0.1, -0.05) is 17.4 Å². The Kier molecular flexibility index (Phi) is 4.80. The number of halogens is 1. The summed E-state index contributed by atoms with van der Waals surface area (Å²) in [5, 5.41) is 4.25. The number of nitrogens with one attached hydrogen (secondary N) is 1. The van der Waals surface area contributed by atoms with E-state index in [0.717, 1.165) is 53.9 Å². The van der Waals surface area contributed by atoms with Gasteiger partial charge < -0.3 is 10.1 Å². The first kappa shape index (κ1) is 16.7. The van der Waals surface area contributed by atoms with Crippen LogP contribution in [0, 0.1) is 6.92 Å². The highest BCUT2D eigenvalue weighted by Gasteiger charge is 2.12. The molecule has 1 aromatic carbocycles. The zero-order valence-corrected chi connectivity index (χ0v) is 15.4. The van der Waals surface area contributed by atoms with E-state index in [4.69, 9.17) is 16.3 Å². The van der Waals surface area contributed by atoms with Gasteiger partial charge in [-0.25, -0.2) is 15.0 Å². The van der Waals surface area contributed by atoms with Crippen LogP contribution in [0.25, 0.3) is 10.2 Å². The second-order valence-electron chi connectivity index (χ2n) is 6.00.